The van der Waals surface area contributed by atoms with Gasteiger partial charge in [-0.15, -0.1) is 0 Å². The molecule has 2 aliphatic rings. The van der Waals surface area contributed by atoms with Crippen molar-refractivity contribution < 1.29 is 32.9 Å². The van der Waals surface area contributed by atoms with Crippen molar-refractivity contribution in [1.29, 1.82) is 0 Å². The first-order chi connectivity index (χ1) is 8.23. The van der Waals surface area contributed by atoms with Crippen LogP contribution < -0.4 is 0 Å². The van der Waals surface area contributed by atoms with Crippen LogP contribution >= 0.6 is 0 Å². The molecular formula is C10H14F3NO4. The highest BCUT2D eigenvalue weighted by atomic mass is 19.4. The van der Waals surface area contributed by atoms with Crippen LogP contribution in [0.1, 0.15) is 13.3 Å². The van der Waals surface area contributed by atoms with E-state index in [1.54, 1.807) is 0 Å². The van der Waals surface area contributed by atoms with Gasteiger partial charge in [-0.3, -0.25) is 4.79 Å². The van der Waals surface area contributed by atoms with Crippen LogP contribution in [0.15, 0.2) is 0 Å². The second kappa shape index (κ2) is 4.36. The average molecular weight is 269 g/mol. The standard InChI is InChI=1S/C10H14F3NO4/c1-4-7(15)8(16)6-5(18-4)2-3-14(6)9(17)10(11,12)13/h4-8,15-16H,2-3H2,1H3/t4-,5?,6+,7+,8-/m1/s1. The fourth-order valence-electron chi connectivity index (χ4n) is 2.58. The smallest absolute Gasteiger partial charge is 0.388 e. The highest BCUT2D eigenvalue weighted by Crippen LogP contribution is 2.34. The number of hydrogen-bond acceptors (Lipinski definition) is 4. The van der Waals surface area contributed by atoms with E-state index in [4.69, 9.17) is 4.74 Å². The number of nitrogens with zero attached hydrogens (tertiary/aromatic N) is 1. The van der Waals surface area contributed by atoms with E-state index in [2.05, 4.69) is 0 Å². The predicted molar refractivity (Wildman–Crippen MR) is 52.5 cm³/mol. The van der Waals surface area contributed by atoms with Crippen molar-refractivity contribution >= 4 is 5.91 Å². The van der Waals surface area contributed by atoms with Crippen molar-refractivity contribution in [2.45, 2.75) is 50.0 Å². The molecule has 2 aliphatic heterocycles. The summed E-state index contributed by atoms with van der Waals surface area (Å²) in [5.74, 6) is -2.00. The van der Waals surface area contributed by atoms with Gasteiger partial charge in [0.25, 0.3) is 0 Å². The van der Waals surface area contributed by atoms with E-state index in [1.807, 2.05) is 0 Å². The number of ether oxygens (including phenoxy) is 1. The van der Waals surface area contributed by atoms with Gasteiger partial charge in [-0.25, -0.2) is 0 Å². The van der Waals surface area contributed by atoms with E-state index in [9.17, 15) is 28.2 Å². The summed E-state index contributed by atoms with van der Waals surface area (Å²) in [6.07, 6.45) is -8.81. The Morgan fingerprint density at radius 3 is 2.50 bits per heavy atom. The van der Waals surface area contributed by atoms with Crippen molar-refractivity contribution in [2.24, 2.45) is 0 Å². The molecule has 1 amide bonds. The minimum Gasteiger partial charge on any atom is -0.388 e. The van der Waals surface area contributed by atoms with Crippen LogP contribution in [-0.2, 0) is 9.53 Å². The summed E-state index contributed by atoms with van der Waals surface area (Å²) < 4.78 is 42.5. The summed E-state index contributed by atoms with van der Waals surface area (Å²) in [5.41, 5.74) is 0. The van der Waals surface area contributed by atoms with Crippen LogP contribution in [0.25, 0.3) is 0 Å². The molecule has 2 rings (SSSR count). The number of halogens is 3. The molecule has 0 saturated carbocycles. The lowest BCUT2D eigenvalue weighted by molar-refractivity contribution is -0.206. The molecule has 0 bridgehead atoms. The normalized spacial score (nSPS) is 40.8. The zero-order chi connectivity index (χ0) is 13.7. The number of carbonyl (C=O) groups excluding carboxylic acids is 1. The molecule has 0 aliphatic carbocycles. The maximum Gasteiger partial charge on any atom is 0.471 e. The summed E-state index contributed by atoms with van der Waals surface area (Å²) in [7, 11) is 0. The van der Waals surface area contributed by atoms with Gasteiger partial charge < -0.3 is 19.8 Å². The second-order valence-electron chi connectivity index (χ2n) is 4.64. The van der Waals surface area contributed by atoms with Crippen LogP contribution in [-0.4, -0.2) is 64.2 Å². The van der Waals surface area contributed by atoms with Gasteiger partial charge in [0.1, 0.15) is 12.2 Å². The van der Waals surface area contributed by atoms with Crippen LogP contribution in [0.5, 0.6) is 0 Å². The molecule has 2 fully saturated rings. The number of aliphatic hydroxyl groups is 2. The second-order valence-corrected chi connectivity index (χ2v) is 4.64. The molecule has 0 aromatic rings. The maximum absolute atomic E-state index is 12.4. The number of aliphatic hydroxyl groups excluding tert-OH is 2. The lowest BCUT2D eigenvalue weighted by Crippen LogP contribution is -2.61. The average Bonchev–Trinajstić information content (AvgIpc) is 2.67. The molecule has 0 spiro atoms. The maximum atomic E-state index is 12.4. The lowest BCUT2D eigenvalue weighted by Gasteiger charge is -2.41. The van der Waals surface area contributed by atoms with E-state index >= 15 is 0 Å². The van der Waals surface area contributed by atoms with Crippen molar-refractivity contribution in [2.75, 3.05) is 6.54 Å². The van der Waals surface area contributed by atoms with Crippen molar-refractivity contribution in [3.63, 3.8) is 0 Å². The van der Waals surface area contributed by atoms with Gasteiger partial charge in [-0.1, -0.05) is 0 Å². The monoisotopic (exact) mass is 269 g/mol. The molecule has 104 valence electrons. The number of likely N-dealkylation sites (tertiary alicyclic amines) is 1. The molecule has 2 N–H and O–H groups in total. The van der Waals surface area contributed by atoms with Crippen LogP contribution in [0.4, 0.5) is 13.2 Å². The molecule has 0 aromatic heterocycles. The Hall–Kier alpha value is -0.860. The minimum atomic E-state index is -4.98. The quantitative estimate of drug-likeness (QED) is 0.631. The Morgan fingerprint density at radius 1 is 1.33 bits per heavy atom. The van der Waals surface area contributed by atoms with Gasteiger partial charge in [0.05, 0.1) is 18.2 Å². The summed E-state index contributed by atoms with van der Waals surface area (Å²) in [4.78, 5) is 11.8. The number of amides is 1. The first kappa shape index (κ1) is 13.6. The number of fused-ring (bicyclic) bond motifs is 1. The van der Waals surface area contributed by atoms with E-state index < -0.39 is 42.5 Å². The zero-order valence-corrected chi connectivity index (χ0v) is 9.59. The van der Waals surface area contributed by atoms with E-state index in [1.165, 1.54) is 6.92 Å². The zero-order valence-electron chi connectivity index (χ0n) is 9.59. The lowest BCUT2D eigenvalue weighted by atomic mass is 9.94. The first-order valence-electron chi connectivity index (χ1n) is 5.63. The summed E-state index contributed by atoms with van der Waals surface area (Å²) in [6, 6.07) is -1.13. The number of alkyl halides is 3. The Kier molecular flexibility index (Phi) is 3.28. The van der Waals surface area contributed by atoms with Gasteiger partial charge in [-0.05, 0) is 13.3 Å². The SMILES string of the molecule is C[C@H]1OC2CCN(C(=O)C(F)(F)F)[C@@H]2[C@@H](O)[C@H]1O. The molecule has 5 nitrogen and oxygen atoms in total. The molecule has 18 heavy (non-hydrogen) atoms. The number of hydrogen-bond donors (Lipinski definition) is 2. The van der Waals surface area contributed by atoms with Crippen molar-refractivity contribution in [1.82, 2.24) is 4.90 Å². The number of rotatable bonds is 0. The van der Waals surface area contributed by atoms with Gasteiger partial charge in [0, 0.05) is 6.54 Å². The summed E-state index contributed by atoms with van der Waals surface area (Å²) in [6.45, 7) is 1.39. The summed E-state index contributed by atoms with van der Waals surface area (Å²) in [5, 5.41) is 19.4. The predicted octanol–water partition coefficient (Wildman–Crippen LogP) is -0.341. The van der Waals surface area contributed by atoms with Gasteiger partial charge in [0.2, 0.25) is 0 Å². The van der Waals surface area contributed by atoms with Crippen LogP contribution in [0.2, 0.25) is 0 Å². The fourth-order valence-corrected chi connectivity index (χ4v) is 2.58. The Bertz CT molecular complexity index is 349. The molecule has 2 heterocycles. The fraction of sp³-hybridized carbons (Fsp3) is 0.900. The highest BCUT2D eigenvalue weighted by Gasteiger charge is 2.54. The van der Waals surface area contributed by atoms with Crippen LogP contribution in [0.3, 0.4) is 0 Å². The van der Waals surface area contributed by atoms with Crippen LogP contribution in [0, 0.1) is 0 Å². The Balaban J connectivity index is 2.20. The molecule has 1 unspecified atom stereocenters. The van der Waals surface area contributed by atoms with E-state index in [0.29, 0.717) is 4.90 Å². The molecule has 0 aromatic carbocycles. The minimum absolute atomic E-state index is 0.135. The topological polar surface area (TPSA) is 70.0 Å². The number of carbonyl (C=O) groups is 1. The third-order valence-electron chi connectivity index (χ3n) is 3.47. The van der Waals surface area contributed by atoms with E-state index in [-0.39, 0.29) is 13.0 Å². The molecule has 0 radical (unpaired) electrons. The Labute approximate surface area is 101 Å². The molecular weight excluding hydrogens is 255 g/mol. The largest absolute Gasteiger partial charge is 0.471 e. The van der Waals surface area contributed by atoms with Crippen molar-refractivity contribution in [3.8, 4) is 0 Å². The van der Waals surface area contributed by atoms with Gasteiger partial charge >= 0.3 is 12.1 Å². The van der Waals surface area contributed by atoms with Gasteiger partial charge in [-0.2, -0.15) is 13.2 Å². The Morgan fingerprint density at radius 2 is 1.94 bits per heavy atom. The summed E-state index contributed by atoms with van der Waals surface area (Å²) >= 11 is 0. The molecule has 8 heteroatoms. The van der Waals surface area contributed by atoms with Crippen molar-refractivity contribution in [3.05, 3.63) is 0 Å². The third-order valence-corrected chi connectivity index (χ3v) is 3.47. The molecule has 2 saturated heterocycles. The molecule has 5 atom stereocenters. The first-order valence-corrected chi connectivity index (χ1v) is 5.63. The van der Waals surface area contributed by atoms with Gasteiger partial charge in [0.15, 0.2) is 0 Å². The van der Waals surface area contributed by atoms with E-state index in [0.717, 1.165) is 0 Å². The third kappa shape index (κ3) is 2.08. The highest BCUT2D eigenvalue weighted by molar-refractivity contribution is 5.82.